The summed E-state index contributed by atoms with van der Waals surface area (Å²) in [4.78, 5) is 27.5. The summed E-state index contributed by atoms with van der Waals surface area (Å²) in [6.07, 6.45) is 1.99. The molecule has 0 saturated heterocycles. The molecule has 0 aliphatic heterocycles. The zero-order valence-corrected chi connectivity index (χ0v) is 24.7. The highest BCUT2D eigenvalue weighted by atomic mass is 19.1. The number of amides is 1. The SMILES string of the molecule is COc1cc(C=C2C(C)=C(CC(=O)N(c3ccccc3)c3cccc(C)c3)c3cc(F)ccc32)cc(OC)c1OC(C)=O. The van der Waals surface area contributed by atoms with Gasteiger partial charge in [-0.15, -0.1) is 0 Å². The minimum Gasteiger partial charge on any atom is -0.493 e. The van der Waals surface area contributed by atoms with Gasteiger partial charge in [0.05, 0.1) is 20.6 Å². The number of methoxy groups -OCH3 is 2. The summed E-state index contributed by atoms with van der Waals surface area (Å²) < 4.78 is 31.0. The molecule has 0 N–H and O–H groups in total. The van der Waals surface area contributed by atoms with Crippen LogP contribution in [0.1, 0.15) is 42.5 Å². The first kappa shape index (κ1) is 29.3. The van der Waals surface area contributed by atoms with Crippen molar-refractivity contribution in [3.8, 4) is 17.2 Å². The van der Waals surface area contributed by atoms with Crippen LogP contribution in [0.3, 0.4) is 0 Å². The standard InChI is InChI=1S/C36H32FNO5/c1-22-10-9-13-28(16-22)38(27-11-7-6-8-12-27)35(40)21-31-23(2)30(29-15-14-26(37)20-32(29)31)17-25-18-33(41-4)36(43-24(3)39)34(19-25)42-5/h6-20H,21H2,1-5H3. The Hall–Kier alpha value is -5.17. The Morgan fingerprint density at radius 1 is 0.814 bits per heavy atom. The van der Waals surface area contributed by atoms with E-state index in [0.29, 0.717) is 22.6 Å². The molecular formula is C36H32FNO5. The van der Waals surface area contributed by atoms with E-state index in [1.54, 1.807) is 23.1 Å². The van der Waals surface area contributed by atoms with Crippen LogP contribution in [-0.4, -0.2) is 26.1 Å². The van der Waals surface area contributed by atoms with Crippen LogP contribution in [0.2, 0.25) is 0 Å². The topological polar surface area (TPSA) is 65.1 Å². The molecule has 0 atom stereocenters. The number of carbonyl (C=O) groups is 2. The highest BCUT2D eigenvalue weighted by Gasteiger charge is 2.29. The third-order valence-corrected chi connectivity index (χ3v) is 7.34. The lowest BCUT2D eigenvalue weighted by atomic mass is 10.00. The summed E-state index contributed by atoms with van der Waals surface area (Å²) in [6, 6.07) is 25.4. The van der Waals surface area contributed by atoms with Crippen molar-refractivity contribution in [2.75, 3.05) is 19.1 Å². The second-order valence-electron chi connectivity index (χ2n) is 10.3. The van der Waals surface area contributed by atoms with Crippen molar-refractivity contribution in [3.63, 3.8) is 0 Å². The maximum absolute atomic E-state index is 14.6. The number of esters is 1. The zero-order chi connectivity index (χ0) is 30.7. The highest BCUT2D eigenvalue weighted by Crippen LogP contribution is 2.46. The van der Waals surface area contributed by atoms with Gasteiger partial charge in [0, 0.05) is 18.3 Å². The number of benzene rings is 4. The third kappa shape index (κ3) is 6.06. The maximum atomic E-state index is 14.6. The summed E-state index contributed by atoms with van der Waals surface area (Å²) in [7, 11) is 2.96. The Labute approximate surface area is 250 Å². The number of para-hydroxylation sites is 1. The van der Waals surface area contributed by atoms with Gasteiger partial charge < -0.3 is 14.2 Å². The second-order valence-corrected chi connectivity index (χ2v) is 10.3. The lowest BCUT2D eigenvalue weighted by Gasteiger charge is -2.24. The molecule has 218 valence electrons. The zero-order valence-electron chi connectivity index (χ0n) is 24.7. The van der Waals surface area contributed by atoms with E-state index in [1.165, 1.54) is 33.3 Å². The molecule has 0 bridgehead atoms. The van der Waals surface area contributed by atoms with Gasteiger partial charge in [0.15, 0.2) is 11.5 Å². The van der Waals surface area contributed by atoms with E-state index in [-0.39, 0.29) is 23.9 Å². The molecule has 0 radical (unpaired) electrons. The van der Waals surface area contributed by atoms with E-state index >= 15 is 0 Å². The van der Waals surface area contributed by atoms with Gasteiger partial charge in [-0.3, -0.25) is 14.5 Å². The van der Waals surface area contributed by atoms with E-state index in [2.05, 4.69) is 0 Å². The molecule has 1 aliphatic rings. The number of ether oxygens (including phenoxy) is 3. The van der Waals surface area contributed by atoms with Crippen molar-refractivity contribution in [3.05, 3.63) is 119 Å². The Morgan fingerprint density at radius 3 is 2.12 bits per heavy atom. The van der Waals surface area contributed by atoms with E-state index < -0.39 is 5.97 Å². The van der Waals surface area contributed by atoms with Crippen LogP contribution < -0.4 is 19.1 Å². The number of aryl methyl sites for hydroxylation is 1. The first-order chi connectivity index (χ1) is 20.7. The minimum atomic E-state index is -0.502. The van der Waals surface area contributed by atoms with Gasteiger partial charge in [-0.25, -0.2) is 4.39 Å². The fourth-order valence-electron chi connectivity index (χ4n) is 5.39. The van der Waals surface area contributed by atoms with Crippen LogP contribution in [0.4, 0.5) is 15.8 Å². The smallest absolute Gasteiger partial charge is 0.308 e. The fourth-order valence-corrected chi connectivity index (χ4v) is 5.39. The van der Waals surface area contributed by atoms with Crippen LogP contribution >= 0.6 is 0 Å². The molecule has 1 amide bonds. The van der Waals surface area contributed by atoms with Gasteiger partial charge in [0.25, 0.3) is 0 Å². The van der Waals surface area contributed by atoms with E-state index in [0.717, 1.165) is 39.2 Å². The lowest BCUT2D eigenvalue weighted by Crippen LogP contribution is -2.26. The van der Waals surface area contributed by atoms with Crippen molar-refractivity contribution in [1.29, 1.82) is 0 Å². The van der Waals surface area contributed by atoms with Crippen LogP contribution in [0.15, 0.2) is 90.5 Å². The highest BCUT2D eigenvalue weighted by molar-refractivity contribution is 6.12. The molecule has 4 aromatic carbocycles. The number of fused-ring (bicyclic) bond motifs is 1. The predicted octanol–water partition coefficient (Wildman–Crippen LogP) is 8.16. The maximum Gasteiger partial charge on any atom is 0.308 e. The van der Waals surface area contributed by atoms with Gasteiger partial charge in [0.1, 0.15) is 5.82 Å². The molecule has 43 heavy (non-hydrogen) atoms. The average molecular weight is 578 g/mol. The monoisotopic (exact) mass is 577 g/mol. The molecule has 0 heterocycles. The average Bonchev–Trinajstić information content (AvgIpc) is 3.23. The second kappa shape index (κ2) is 12.4. The van der Waals surface area contributed by atoms with Crippen molar-refractivity contribution in [1.82, 2.24) is 0 Å². The number of carbonyl (C=O) groups excluding carboxylic acids is 2. The first-order valence-electron chi connectivity index (χ1n) is 13.8. The van der Waals surface area contributed by atoms with E-state index in [1.807, 2.05) is 74.5 Å². The number of hydrogen-bond acceptors (Lipinski definition) is 5. The van der Waals surface area contributed by atoms with Gasteiger partial charge in [-0.1, -0.05) is 36.4 Å². The summed E-state index contributed by atoms with van der Waals surface area (Å²) in [6.45, 7) is 5.23. The molecule has 0 aromatic heterocycles. The molecule has 7 heteroatoms. The third-order valence-electron chi connectivity index (χ3n) is 7.34. The number of hydrogen-bond donors (Lipinski definition) is 0. The summed E-state index contributed by atoms with van der Waals surface area (Å²) in [5, 5.41) is 0. The Bertz CT molecular complexity index is 1750. The molecule has 0 spiro atoms. The normalized spacial score (nSPS) is 13.1. The van der Waals surface area contributed by atoms with Crippen molar-refractivity contribution >= 4 is 40.5 Å². The van der Waals surface area contributed by atoms with Crippen LogP contribution in [-0.2, 0) is 9.59 Å². The van der Waals surface area contributed by atoms with Crippen molar-refractivity contribution in [2.24, 2.45) is 0 Å². The molecule has 1 aliphatic carbocycles. The molecule has 0 unspecified atom stereocenters. The van der Waals surface area contributed by atoms with E-state index in [4.69, 9.17) is 14.2 Å². The molecule has 0 saturated carbocycles. The summed E-state index contributed by atoms with van der Waals surface area (Å²) in [5.41, 5.74) is 7.17. The van der Waals surface area contributed by atoms with Gasteiger partial charge in [-0.05, 0) is 107 Å². The summed E-state index contributed by atoms with van der Waals surface area (Å²) >= 11 is 0. The quantitative estimate of drug-likeness (QED) is 0.156. The van der Waals surface area contributed by atoms with Gasteiger partial charge >= 0.3 is 5.97 Å². The van der Waals surface area contributed by atoms with Gasteiger partial charge in [0.2, 0.25) is 11.7 Å². The number of allylic oxidation sites excluding steroid dienone is 2. The van der Waals surface area contributed by atoms with Gasteiger partial charge in [-0.2, -0.15) is 0 Å². The van der Waals surface area contributed by atoms with Crippen LogP contribution in [0.5, 0.6) is 17.2 Å². The number of nitrogens with zero attached hydrogens (tertiary/aromatic N) is 1. The van der Waals surface area contributed by atoms with Crippen molar-refractivity contribution < 1.29 is 28.2 Å². The molecule has 4 aromatic rings. The first-order valence-corrected chi connectivity index (χ1v) is 13.8. The Kier molecular flexibility index (Phi) is 8.44. The molecule has 6 nitrogen and oxygen atoms in total. The van der Waals surface area contributed by atoms with Crippen LogP contribution in [0.25, 0.3) is 17.2 Å². The number of anilines is 2. The number of halogens is 1. The van der Waals surface area contributed by atoms with Crippen LogP contribution in [0, 0.1) is 12.7 Å². The van der Waals surface area contributed by atoms with Crippen molar-refractivity contribution in [2.45, 2.75) is 27.2 Å². The summed E-state index contributed by atoms with van der Waals surface area (Å²) in [5.74, 6) is -0.191. The lowest BCUT2D eigenvalue weighted by molar-refractivity contribution is -0.132. The van der Waals surface area contributed by atoms with E-state index in [9.17, 15) is 14.0 Å². The predicted molar refractivity (Wildman–Crippen MR) is 167 cm³/mol. The molecular weight excluding hydrogens is 545 g/mol. The fraction of sp³-hybridized carbons (Fsp3) is 0.167. The largest absolute Gasteiger partial charge is 0.493 e. The minimum absolute atomic E-state index is 0.0560. The number of rotatable bonds is 8. The Morgan fingerprint density at radius 2 is 1.49 bits per heavy atom. The Balaban J connectivity index is 1.60. The molecule has 5 rings (SSSR count). The molecule has 0 fully saturated rings.